The third-order valence-electron chi connectivity index (χ3n) is 8.42. The molecule has 3 rings (SSSR count). The van der Waals surface area contributed by atoms with Crippen molar-refractivity contribution < 1.29 is 9.47 Å². The van der Waals surface area contributed by atoms with E-state index >= 15 is 0 Å². The third kappa shape index (κ3) is 7.91. The Labute approximate surface area is 236 Å². The summed E-state index contributed by atoms with van der Waals surface area (Å²) >= 11 is 0. The van der Waals surface area contributed by atoms with Crippen LogP contribution in [0.15, 0.2) is 66.6 Å². The molecule has 1 aromatic rings. The molecule has 3 atom stereocenters. The van der Waals surface area contributed by atoms with Gasteiger partial charge in [-0.05, 0) is 81.6 Å². The van der Waals surface area contributed by atoms with Crippen molar-refractivity contribution in [1.82, 2.24) is 14.7 Å². The Morgan fingerprint density at radius 2 is 2.05 bits per heavy atom. The largest absolute Gasteiger partial charge is 0.349 e. The molecule has 212 valence electrons. The van der Waals surface area contributed by atoms with E-state index in [-0.39, 0.29) is 18.1 Å². The fraction of sp³-hybridized carbons (Fsp3) is 0.576. The van der Waals surface area contributed by atoms with E-state index < -0.39 is 0 Å². The van der Waals surface area contributed by atoms with Crippen LogP contribution < -0.4 is 0 Å². The van der Waals surface area contributed by atoms with Crippen molar-refractivity contribution >= 4 is 5.57 Å². The lowest BCUT2D eigenvalue weighted by Crippen LogP contribution is -2.37. The van der Waals surface area contributed by atoms with E-state index in [1.54, 1.807) is 6.08 Å². The Kier molecular flexibility index (Phi) is 11.5. The lowest BCUT2D eigenvalue weighted by atomic mass is 9.83. The predicted octanol–water partition coefficient (Wildman–Crippen LogP) is 7.54. The first-order chi connectivity index (χ1) is 18.8. The summed E-state index contributed by atoms with van der Waals surface area (Å²) < 4.78 is 13.3. The quantitative estimate of drug-likeness (QED) is 0.172. The molecular formula is C33H48N4O2. The topological polar surface area (TPSA) is 66.6 Å². The first-order valence-corrected chi connectivity index (χ1v) is 14.6. The summed E-state index contributed by atoms with van der Waals surface area (Å²) in [6.07, 6.45) is 19.2. The van der Waals surface area contributed by atoms with Crippen LogP contribution in [0.5, 0.6) is 0 Å². The average molecular weight is 533 g/mol. The minimum absolute atomic E-state index is 0.0271. The maximum absolute atomic E-state index is 9.78. The number of allylic oxidation sites excluding steroid dienone is 8. The van der Waals surface area contributed by atoms with Gasteiger partial charge in [0.05, 0.1) is 24.2 Å². The number of likely N-dealkylation sites (tertiary alicyclic amines) is 1. The Hall–Kier alpha value is -2.72. The van der Waals surface area contributed by atoms with E-state index in [1.165, 1.54) is 19.3 Å². The van der Waals surface area contributed by atoms with Crippen LogP contribution >= 0.6 is 0 Å². The van der Waals surface area contributed by atoms with Crippen LogP contribution in [-0.2, 0) is 15.0 Å². The molecule has 0 radical (unpaired) electrons. The van der Waals surface area contributed by atoms with Crippen LogP contribution in [0, 0.1) is 17.2 Å². The number of epoxide rings is 1. The van der Waals surface area contributed by atoms with Crippen LogP contribution in [0.25, 0.3) is 5.57 Å². The summed E-state index contributed by atoms with van der Waals surface area (Å²) in [5.74, 6) is 0.726. The van der Waals surface area contributed by atoms with Gasteiger partial charge in [-0.2, -0.15) is 10.4 Å². The van der Waals surface area contributed by atoms with Crippen molar-refractivity contribution in [2.24, 2.45) is 5.92 Å². The van der Waals surface area contributed by atoms with E-state index in [2.05, 4.69) is 74.0 Å². The Balaban J connectivity index is 1.68. The van der Waals surface area contributed by atoms with Crippen molar-refractivity contribution in [2.75, 3.05) is 19.7 Å². The smallest absolute Gasteiger partial charge is 0.199 e. The molecule has 2 aliphatic heterocycles. The van der Waals surface area contributed by atoms with Crippen LogP contribution in [0.3, 0.4) is 0 Å². The van der Waals surface area contributed by atoms with Gasteiger partial charge < -0.3 is 9.47 Å². The summed E-state index contributed by atoms with van der Waals surface area (Å²) in [7, 11) is 0. The fourth-order valence-electron chi connectivity index (χ4n) is 5.81. The summed E-state index contributed by atoms with van der Waals surface area (Å²) in [4.78, 5) is 2.43. The van der Waals surface area contributed by atoms with Gasteiger partial charge in [-0.25, -0.2) is 0 Å². The van der Waals surface area contributed by atoms with Crippen molar-refractivity contribution in [1.29, 1.82) is 5.26 Å². The summed E-state index contributed by atoms with van der Waals surface area (Å²) in [5.41, 5.74) is 5.12. The van der Waals surface area contributed by atoms with Crippen molar-refractivity contribution in [3.8, 4) is 6.07 Å². The van der Waals surface area contributed by atoms with Gasteiger partial charge >= 0.3 is 0 Å². The maximum Gasteiger partial charge on any atom is 0.199 e. The number of aromatic nitrogens is 2. The van der Waals surface area contributed by atoms with E-state index in [4.69, 9.17) is 14.6 Å². The third-order valence-corrected chi connectivity index (χ3v) is 8.42. The minimum Gasteiger partial charge on any atom is -0.349 e. The molecule has 6 nitrogen and oxygen atoms in total. The fourth-order valence-corrected chi connectivity index (χ4v) is 5.81. The lowest BCUT2D eigenvalue weighted by molar-refractivity contribution is 0.0590. The summed E-state index contributed by atoms with van der Waals surface area (Å²) in [5, 5.41) is 14.6. The first kappa shape index (κ1) is 30.8. The van der Waals surface area contributed by atoms with Gasteiger partial charge in [0.15, 0.2) is 12.5 Å². The second-order valence-electron chi connectivity index (χ2n) is 11.0. The van der Waals surface area contributed by atoms with Gasteiger partial charge in [0.1, 0.15) is 0 Å². The number of nitriles is 1. The van der Waals surface area contributed by atoms with Crippen LogP contribution in [0.4, 0.5) is 0 Å². The number of hydrogen-bond donors (Lipinski definition) is 0. The second kappa shape index (κ2) is 14.6. The van der Waals surface area contributed by atoms with Crippen molar-refractivity contribution in [2.45, 2.75) is 97.6 Å². The highest BCUT2D eigenvalue weighted by Crippen LogP contribution is 2.36. The van der Waals surface area contributed by atoms with Crippen LogP contribution in [0.1, 0.15) is 85.1 Å². The Morgan fingerprint density at radius 1 is 1.31 bits per heavy atom. The van der Waals surface area contributed by atoms with E-state index in [0.717, 1.165) is 66.1 Å². The SMILES string of the molecule is C=CC(=C)C=C(C)C(C=CC)=C(C)c1cnn(C(CC)(CC#N)CCCC2CCN(C3OC3OCC)CC2)c1. The molecule has 2 saturated heterocycles. The molecule has 39 heavy (non-hydrogen) atoms. The molecule has 0 aromatic carbocycles. The molecular weight excluding hydrogens is 484 g/mol. The van der Waals surface area contributed by atoms with Crippen molar-refractivity contribution in [3.05, 3.63) is 72.1 Å². The highest BCUT2D eigenvalue weighted by molar-refractivity contribution is 5.73. The van der Waals surface area contributed by atoms with Gasteiger partial charge in [-0.15, -0.1) is 0 Å². The zero-order valence-corrected chi connectivity index (χ0v) is 24.8. The van der Waals surface area contributed by atoms with Gasteiger partial charge in [0, 0.05) is 31.5 Å². The number of rotatable bonds is 15. The molecule has 0 N–H and O–H groups in total. The predicted molar refractivity (Wildman–Crippen MR) is 160 cm³/mol. The summed E-state index contributed by atoms with van der Waals surface area (Å²) in [6, 6.07) is 2.47. The minimum atomic E-state index is -0.288. The molecule has 2 fully saturated rings. The van der Waals surface area contributed by atoms with Gasteiger partial charge in [-0.3, -0.25) is 9.58 Å². The number of hydrogen-bond acceptors (Lipinski definition) is 5. The monoisotopic (exact) mass is 532 g/mol. The normalized spacial score (nSPS) is 22.8. The number of ether oxygens (including phenoxy) is 2. The molecule has 0 bridgehead atoms. The molecule has 3 heterocycles. The molecule has 0 aliphatic carbocycles. The zero-order chi connectivity index (χ0) is 28.4. The standard InChI is InChI=1S/C33H48N4O2/c1-8-13-30(26(6)22-25(5)9-2)27(7)29-23-35-37(24-29)33(10-3,18-19-34)17-12-14-28-15-20-36(21-16-28)31-32(39-31)38-11-4/h8-9,13,22-24,28,31-32H,2,5,10-12,14-18,20-21H2,1,3-4,6-7H3. The zero-order valence-electron chi connectivity index (χ0n) is 24.8. The highest BCUT2D eigenvalue weighted by Gasteiger charge is 2.45. The van der Waals surface area contributed by atoms with Crippen molar-refractivity contribution in [3.63, 3.8) is 0 Å². The second-order valence-corrected chi connectivity index (χ2v) is 11.0. The van der Waals surface area contributed by atoms with E-state index in [9.17, 15) is 5.26 Å². The molecule has 0 saturated carbocycles. The molecule has 1 aromatic heterocycles. The Bertz CT molecular complexity index is 1110. The first-order valence-electron chi connectivity index (χ1n) is 14.6. The average Bonchev–Trinajstić information content (AvgIpc) is 3.52. The maximum atomic E-state index is 9.78. The van der Waals surface area contributed by atoms with E-state index in [1.807, 2.05) is 20.0 Å². The Morgan fingerprint density at radius 3 is 2.67 bits per heavy atom. The van der Waals surface area contributed by atoms with Gasteiger partial charge in [0.25, 0.3) is 0 Å². The molecule has 3 unspecified atom stereocenters. The van der Waals surface area contributed by atoms with Gasteiger partial charge in [-0.1, -0.05) is 57.2 Å². The molecule has 0 spiro atoms. The molecule has 6 heteroatoms. The number of piperidine rings is 1. The molecule has 2 aliphatic rings. The van der Waals surface area contributed by atoms with Crippen LogP contribution in [0.2, 0.25) is 0 Å². The lowest BCUT2D eigenvalue weighted by Gasteiger charge is -2.33. The summed E-state index contributed by atoms with van der Waals surface area (Å²) in [6.45, 7) is 21.2. The highest BCUT2D eigenvalue weighted by atomic mass is 16.8. The number of nitrogens with zero attached hydrogens (tertiary/aromatic N) is 4. The van der Waals surface area contributed by atoms with E-state index in [0.29, 0.717) is 13.0 Å². The van der Waals surface area contributed by atoms with Gasteiger partial charge in [0.2, 0.25) is 0 Å². The van der Waals surface area contributed by atoms with Crippen LogP contribution in [-0.4, -0.2) is 46.9 Å². The molecule has 0 amide bonds.